The summed E-state index contributed by atoms with van der Waals surface area (Å²) >= 11 is 0. The molecule has 0 saturated carbocycles. The second-order valence-corrected chi connectivity index (χ2v) is 7.16. The van der Waals surface area contributed by atoms with Crippen LogP contribution in [0.2, 0.25) is 0 Å². The molecule has 0 radical (unpaired) electrons. The Morgan fingerprint density at radius 1 is 1.07 bits per heavy atom. The molecule has 1 amide bonds. The standard InChI is InChI=1S/C22H25N5O/c1-23-15-18-16-27(25-24-18)19-11-13-26(14-12-19)22(28)21-10-6-5-9-20(21)17-7-3-2-4-8-17/h2-10,16,19,23H,11-15H2,1H3. The van der Waals surface area contributed by atoms with Gasteiger partial charge in [0.2, 0.25) is 0 Å². The van der Waals surface area contributed by atoms with E-state index in [1.54, 1.807) is 0 Å². The Morgan fingerprint density at radius 2 is 1.79 bits per heavy atom. The lowest BCUT2D eigenvalue weighted by Crippen LogP contribution is -2.39. The van der Waals surface area contributed by atoms with Gasteiger partial charge in [0, 0.05) is 25.2 Å². The molecule has 0 bridgehead atoms. The predicted molar refractivity (Wildman–Crippen MR) is 109 cm³/mol. The number of piperidine rings is 1. The molecule has 2 heterocycles. The molecule has 1 N–H and O–H groups in total. The van der Waals surface area contributed by atoms with Gasteiger partial charge in [-0.05, 0) is 37.1 Å². The van der Waals surface area contributed by atoms with Crippen LogP contribution >= 0.6 is 0 Å². The van der Waals surface area contributed by atoms with E-state index < -0.39 is 0 Å². The molecule has 144 valence electrons. The van der Waals surface area contributed by atoms with Crippen LogP contribution in [0.25, 0.3) is 11.1 Å². The number of amides is 1. The van der Waals surface area contributed by atoms with Crippen LogP contribution in [0.4, 0.5) is 0 Å². The Morgan fingerprint density at radius 3 is 2.54 bits per heavy atom. The molecule has 0 aliphatic carbocycles. The lowest BCUT2D eigenvalue weighted by Gasteiger charge is -2.32. The van der Waals surface area contributed by atoms with E-state index in [0.717, 1.165) is 48.3 Å². The highest BCUT2D eigenvalue weighted by molar-refractivity contribution is 6.00. The summed E-state index contributed by atoms with van der Waals surface area (Å²) < 4.78 is 1.95. The lowest BCUT2D eigenvalue weighted by atomic mass is 9.97. The second kappa shape index (κ2) is 8.35. The molecule has 4 rings (SSSR count). The molecule has 3 aromatic rings. The molecule has 0 unspecified atom stereocenters. The zero-order valence-electron chi connectivity index (χ0n) is 16.1. The third kappa shape index (κ3) is 3.82. The summed E-state index contributed by atoms with van der Waals surface area (Å²) in [6.45, 7) is 2.18. The fourth-order valence-electron chi connectivity index (χ4n) is 3.80. The highest BCUT2D eigenvalue weighted by atomic mass is 16.2. The van der Waals surface area contributed by atoms with Crippen LogP contribution in [0.15, 0.2) is 60.8 Å². The SMILES string of the molecule is CNCc1cn(C2CCN(C(=O)c3ccccc3-c3ccccc3)CC2)nn1. The minimum atomic E-state index is 0.104. The normalized spacial score (nSPS) is 15.0. The van der Waals surface area contributed by atoms with Crippen molar-refractivity contribution in [3.8, 4) is 11.1 Å². The summed E-state index contributed by atoms with van der Waals surface area (Å²) in [6.07, 6.45) is 3.78. The second-order valence-electron chi connectivity index (χ2n) is 7.16. The van der Waals surface area contributed by atoms with Crippen LogP contribution in [-0.2, 0) is 6.54 Å². The summed E-state index contributed by atoms with van der Waals surface area (Å²) in [6, 6.07) is 18.3. The van der Waals surface area contributed by atoms with Crippen LogP contribution in [0, 0.1) is 0 Å². The number of benzene rings is 2. The van der Waals surface area contributed by atoms with E-state index in [0.29, 0.717) is 12.6 Å². The zero-order valence-corrected chi connectivity index (χ0v) is 16.1. The van der Waals surface area contributed by atoms with E-state index in [9.17, 15) is 4.79 Å². The van der Waals surface area contributed by atoms with E-state index in [1.807, 2.05) is 77.4 Å². The van der Waals surface area contributed by atoms with Crippen molar-refractivity contribution in [2.45, 2.75) is 25.4 Å². The number of aromatic nitrogens is 3. The highest BCUT2D eigenvalue weighted by Gasteiger charge is 2.26. The summed E-state index contributed by atoms with van der Waals surface area (Å²) in [7, 11) is 1.90. The Bertz CT molecular complexity index is 929. The Labute approximate surface area is 165 Å². The number of rotatable bonds is 5. The van der Waals surface area contributed by atoms with Gasteiger partial charge in [0.05, 0.1) is 17.9 Å². The van der Waals surface area contributed by atoms with Gasteiger partial charge in [0.1, 0.15) is 0 Å². The maximum atomic E-state index is 13.2. The van der Waals surface area contributed by atoms with Gasteiger partial charge in [-0.15, -0.1) is 5.10 Å². The largest absolute Gasteiger partial charge is 0.338 e. The van der Waals surface area contributed by atoms with Gasteiger partial charge >= 0.3 is 0 Å². The van der Waals surface area contributed by atoms with Gasteiger partial charge in [-0.2, -0.15) is 0 Å². The molecule has 2 aromatic carbocycles. The fraction of sp³-hybridized carbons (Fsp3) is 0.318. The average Bonchev–Trinajstić information content (AvgIpc) is 3.23. The van der Waals surface area contributed by atoms with Gasteiger partial charge in [0.15, 0.2) is 0 Å². The molecule has 6 nitrogen and oxygen atoms in total. The average molecular weight is 375 g/mol. The summed E-state index contributed by atoms with van der Waals surface area (Å²) in [5.74, 6) is 0.104. The van der Waals surface area contributed by atoms with Crippen molar-refractivity contribution in [2.75, 3.05) is 20.1 Å². The van der Waals surface area contributed by atoms with Gasteiger partial charge in [-0.3, -0.25) is 4.79 Å². The van der Waals surface area contributed by atoms with Gasteiger partial charge < -0.3 is 10.2 Å². The van der Waals surface area contributed by atoms with Crippen molar-refractivity contribution < 1.29 is 4.79 Å². The number of likely N-dealkylation sites (tertiary alicyclic amines) is 1. The number of hydrogen-bond donors (Lipinski definition) is 1. The first-order valence-corrected chi connectivity index (χ1v) is 9.75. The number of nitrogens with one attached hydrogen (secondary N) is 1. The van der Waals surface area contributed by atoms with Gasteiger partial charge in [0.25, 0.3) is 5.91 Å². The topological polar surface area (TPSA) is 63.1 Å². The maximum Gasteiger partial charge on any atom is 0.254 e. The van der Waals surface area contributed by atoms with E-state index in [1.165, 1.54) is 0 Å². The summed E-state index contributed by atoms with van der Waals surface area (Å²) in [4.78, 5) is 15.2. The number of nitrogens with zero attached hydrogens (tertiary/aromatic N) is 4. The third-order valence-electron chi connectivity index (χ3n) is 5.28. The van der Waals surface area contributed by atoms with Crippen molar-refractivity contribution in [3.05, 3.63) is 72.1 Å². The van der Waals surface area contributed by atoms with Gasteiger partial charge in [-0.1, -0.05) is 53.7 Å². The molecular formula is C22H25N5O. The summed E-state index contributed by atoms with van der Waals surface area (Å²) in [5, 5.41) is 11.6. The van der Waals surface area contributed by atoms with Crippen LogP contribution < -0.4 is 5.32 Å². The molecule has 1 saturated heterocycles. The molecular weight excluding hydrogens is 350 g/mol. The molecule has 28 heavy (non-hydrogen) atoms. The zero-order chi connectivity index (χ0) is 19.3. The molecule has 0 atom stereocenters. The Hall–Kier alpha value is -2.99. The van der Waals surface area contributed by atoms with Crippen molar-refractivity contribution in [2.24, 2.45) is 0 Å². The van der Waals surface area contributed by atoms with Crippen molar-refractivity contribution in [1.29, 1.82) is 0 Å². The predicted octanol–water partition coefficient (Wildman–Crippen LogP) is 3.14. The van der Waals surface area contributed by atoms with E-state index >= 15 is 0 Å². The maximum absolute atomic E-state index is 13.2. The van der Waals surface area contributed by atoms with Crippen LogP contribution in [0.3, 0.4) is 0 Å². The molecule has 0 spiro atoms. The third-order valence-corrected chi connectivity index (χ3v) is 5.28. The lowest BCUT2D eigenvalue weighted by molar-refractivity contribution is 0.0690. The fourth-order valence-corrected chi connectivity index (χ4v) is 3.80. The van der Waals surface area contributed by atoms with Crippen LogP contribution in [0.5, 0.6) is 0 Å². The Kier molecular flexibility index (Phi) is 5.48. The van der Waals surface area contributed by atoms with Crippen molar-refractivity contribution in [3.63, 3.8) is 0 Å². The van der Waals surface area contributed by atoms with Crippen LogP contribution in [-0.4, -0.2) is 45.9 Å². The first-order valence-electron chi connectivity index (χ1n) is 9.75. The molecule has 1 aliphatic rings. The van der Waals surface area contributed by atoms with E-state index in [2.05, 4.69) is 15.6 Å². The first kappa shape index (κ1) is 18.4. The minimum Gasteiger partial charge on any atom is -0.338 e. The number of hydrogen-bond acceptors (Lipinski definition) is 4. The molecule has 1 aliphatic heterocycles. The van der Waals surface area contributed by atoms with E-state index in [-0.39, 0.29) is 5.91 Å². The molecule has 6 heteroatoms. The quantitative estimate of drug-likeness (QED) is 0.744. The Balaban J connectivity index is 1.46. The molecule has 1 aromatic heterocycles. The van der Waals surface area contributed by atoms with E-state index in [4.69, 9.17) is 0 Å². The van der Waals surface area contributed by atoms with Crippen LogP contribution in [0.1, 0.15) is 34.9 Å². The monoisotopic (exact) mass is 375 g/mol. The number of carbonyl (C=O) groups excluding carboxylic acids is 1. The smallest absolute Gasteiger partial charge is 0.254 e. The van der Waals surface area contributed by atoms with Gasteiger partial charge in [-0.25, -0.2) is 4.68 Å². The molecule has 1 fully saturated rings. The van der Waals surface area contributed by atoms with Crippen molar-refractivity contribution in [1.82, 2.24) is 25.2 Å². The minimum absolute atomic E-state index is 0.104. The van der Waals surface area contributed by atoms with Crippen molar-refractivity contribution >= 4 is 5.91 Å². The number of carbonyl (C=O) groups is 1. The highest BCUT2D eigenvalue weighted by Crippen LogP contribution is 2.27. The first-order chi connectivity index (χ1) is 13.8. The summed E-state index contributed by atoms with van der Waals surface area (Å²) in [5.41, 5.74) is 3.77.